The van der Waals surface area contributed by atoms with E-state index in [9.17, 15) is 0 Å². The molecule has 3 aromatic heterocycles. The second-order valence-electron chi connectivity index (χ2n) is 5.33. The van der Waals surface area contributed by atoms with Crippen LogP contribution in [0.4, 0.5) is 0 Å². The van der Waals surface area contributed by atoms with E-state index in [0.29, 0.717) is 17.2 Å². The average Bonchev–Trinajstić information content (AvgIpc) is 3.41. The maximum absolute atomic E-state index is 8.70. The highest BCUT2D eigenvalue weighted by molar-refractivity contribution is 5.89. The van der Waals surface area contributed by atoms with E-state index in [1.54, 1.807) is 0 Å². The van der Waals surface area contributed by atoms with Gasteiger partial charge in [-0.1, -0.05) is 65.5 Å². The van der Waals surface area contributed by atoms with E-state index in [0.717, 1.165) is 21.8 Å². The molecule has 2 aromatic carbocycles. The molecule has 0 aliphatic carbocycles. The quantitative estimate of drug-likeness (QED) is 0.380. The molecular formula is C23H29N9. The summed E-state index contributed by atoms with van der Waals surface area (Å²) >= 11 is 0. The Morgan fingerprint density at radius 3 is 1.94 bits per heavy atom. The Labute approximate surface area is 189 Å². The fourth-order valence-electron chi connectivity index (χ4n) is 2.54. The van der Waals surface area contributed by atoms with Gasteiger partial charge in [-0.2, -0.15) is 10.5 Å². The molecule has 0 amide bonds. The van der Waals surface area contributed by atoms with Crippen LogP contribution in [0.15, 0.2) is 61.2 Å². The van der Waals surface area contributed by atoms with Gasteiger partial charge in [-0.05, 0) is 23.4 Å². The maximum Gasteiger partial charge on any atom is 0.223 e. The molecule has 1 N–H and O–H groups in total. The van der Waals surface area contributed by atoms with Gasteiger partial charge in [-0.3, -0.25) is 0 Å². The summed E-state index contributed by atoms with van der Waals surface area (Å²) in [5, 5.41) is 24.1. The number of rotatable bonds is 1. The number of nitrogens with zero attached hydrogens (tertiary/aromatic N) is 8. The summed E-state index contributed by atoms with van der Waals surface area (Å²) in [5.74, 6) is 0.480. The second-order valence-corrected chi connectivity index (χ2v) is 5.33. The van der Waals surface area contributed by atoms with Crippen molar-refractivity contribution in [1.29, 1.82) is 5.26 Å². The van der Waals surface area contributed by atoms with E-state index in [2.05, 4.69) is 40.6 Å². The number of tetrazole rings is 1. The number of H-pyrrole nitrogens is 1. The van der Waals surface area contributed by atoms with Crippen LogP contribution in [0.25, 0.3) is 33.3 Å². The van der Waals surface area contributed by atoms with Crippen LogP contribution >= 0.6 is 0 Å². The van der Waals surface area contributed by atoms with E-state index in [1.165, 1.54) is 12.7 Å². The van der Waals surface area contributed by atoms with Gasteiger partial charge in [0, 0.05) is 12.2 Å². The summed E-state index contributed by atoms with van der Waals surface area (Å²) in [6, 6.07) is 17.2. The highest BCUT2D eigenvalue weighted by atomic mass is 15.5. The molecule has 0 aliphatic rings. The minimum Gasteiger partial charge on any atom is -0.236 e. The van der Waals surface area contributed by atoms with Crippen molar-refractivity contribution in [3.8, 4) is 17.6 Å². The first kappa shape index (κ1) is 25.7. The SMILES string of the molecule is C.CC.CC.N#Cc1ncnc2ccccc12.[2HH].c1ccc2c(-c3nn[nH]n3)ncnc2c1. The molecule has 0 saturated carbocycles. The first-order chi connectivity index (χ1) is 15.4. The van der Waals surface area contributed by atoms with Gasteiger partial charge in [-0.15, -0.1) is 10.2 Å². The fourth-order valence-corrected chi connectivity index (χ4v) is 2.54. The van der Waals surface area contributed by atoms with Crippen LogP contribution in [0.2, 0.25) is 0 Å². The van der Waals surface area contributed by atoms with E-state index in [4.69, 9.17) is 5.26 Å². The van der Waals surface area contributed by atoms with Crippen molar-refractivity contribution in [3.63, 3.8) is 0 Å². The number of fused-ring (bicyclic) bond motifs is 2. The van der Waals surface area contributed by atoms with E-state index in [-0.39, 0.29) is 8.85 Å². The summed E-state index contributed by atoms with van der Waals surface area (Å²) in [5.41, 5.74) is 2.80. The van der Waals surface area contributed by atoms with Crippen LogP contribution in [0.1, 0.15) is 42.2 Å². The molecule has 5 aromatic rings. The van der Waals surface area contributed by atoms with Crippen molar-refractivity contribution in [2.75, 3.05) is 0 Å². The molecule has 166 valence electrons. The third-order valence-electron chi connectivity index (χ3n) is 3.75. The van der Waals surface area contributed by atoms with Gasteiger partial charge < -0.3 is 0 Å². The molecule has 3 heterocycles. The Bertz CT molecular complexity index is 1240. The molecular weight excluding hydrogens is 402 g/mol. The molecule has 0 fully saturated rings. The molecule has 0 atom stereocenters. The Kier molecular flexibility index (Phi) is 11.1. The number of hydrogen-bond donors (Lipinski definition) is 1. The van der Waals surface area contributed by atoms with E-state index >= 15 is 0 Å². The summed E-state index contributed by atoms with van der Waals surface area (Å²) < 4.78 is 0. The van der Waals surface area contributed by atoms with Crippen molar-refractivity contribution in [2.45, 2.75) is 35.1 Å². The van der Waals surface area contributed by atoms with Gasteiger partial charge in [0.1, 0.15) is 24.4 Å². The van der Waals surface area contributed by atoms with Gasteiger partial charge in [0.05, 0.1) is 11.0 Å². The predicted octanol–water partition coefficient (Wildman–Crippen LogP) is 5.25. The van der Waals surface area contributed by atoms with Gasteiger partial charge in [0.25, 0.3) is 0 Å². The summed E-state index contributed by atoms with van der Waals surface area (Å²) in [7, 11) is 0. The number of benzene rings is 2. The molecule has 32 heavy (non-hydrogen) atoms. The molecule has 0 aliphatic heterocycles. The van der Waals surface area contributed by atoms with Crippen molar-refractivity contribution in [3.05, 3.63) is 66.9 Å². The highest BCUT2D eigenvalue weighted by Crippen LogP contribution is 2.20. The standard InChI is InChI=1S/C9H6N6.C9H5N3.2C2H6.CH4.H2/c1-2-4-7-6(3-1)8(11-5-10-7)9-12-14-15-13-9;10-5-9-7-3-1-2-4-8(7)11-6-12-9;2*1-2;;/h1-5H,(H,12,13,14,15);1-4,6H;2*1-2H3;1H4;1H/i;;;;;1+1. The second kappa shape index (κ2) is 13.8. The topological polar surface area (TPSA) is 130 Å². The van der Waals surface area contributed by atoms with Crippen LogP contribution in [0.3, 0.4) is 0 Å². The fraction of sp³-hybridized carbons (Fsp3) is 0.217. The van der Waals surface area contributed by atoms with Crippen LogP contribution in [0.5, 0.6) is 0 Å². The third kappa shape index (κ3) is 6.09. The Morgan fingerprint density at radius 2 is 1.34 bits per heavy atom. The van der Waals surface area contributed by atoms with E-state index in [1.807, 2.05) is 82.3 Å². The molecule has 0 unspecified atom stereocenters. The van der Waals surface area contributed by atoms with Crippen molar-refractivity contribution >= 4 is 21.8 Å². The first-order valence-electron chi connectivity index (χ1n) is 9.90. The molecule has 9 nitrogen and oxygen atoms in total. The van der Waals surface area contributed by atoms with Gasteiger partial charge >= 0.3 is 0 Å². The summed E-state index contributed by atoms with van der Waals surface area (Å²) in [6.45, 7) is 8.00. The number of hydrogen-bond acceptors (Lipinski definition) is 8. The summed E-state index contributed by atoms with van der Waals surface area (Å²) in [4.78, 5) is 16.2. The molecule has 5 rings (SSSR count). The minimum absolute atomic E-state index is 0. The third-order valence-corrected chi connectivity index (χ3v) is 3.75. The lowest BCUT2D eigenvalue weighted by Gasteiger charge is -1.99. The maximum atomic E-state index is 8.70. The van der Waals surface area contributed by atoms with Crippen molar-refractivity contribution in [1.82, 2.24) is 40.6 Å². The average molecular weight is 433 g/mol. The molecule has 0 saturated heterocycles. The Morgan fingerprint density at radius 1 is 0.781 bits per heavy atom. The molecule has 0 bridgehead atoms. The highest BCUT2D eigenvalue weighted by Gasteiger charge is 2.09. The molecule has 0 radical (unpaired) electrons. The lowest BCUT2D eigenvalue weighted by molar-refractivity contribution is 0.881. The van der Waals surface area contributed by atoms with Crippen LogP contribution in [0, 0.1) is 11.3 Å². The van der Waals surface area contributed by atoms with Gasteiger partial charge in [0.15, 0.2) is 5.69 Å². The zero-order valence-electron chi connectivity index (χ0n) is 17.9. The number of nitrogens with one attached hydrogen (secondary N) is 1. The Hall–Kier alpha value is -4.32. The first-order valence-corrected chi connectivity index (χ1v) is 9.90. The Balaban J connectivity index is 0.000000521. The van der Waals surface area contributed by atoms with E-state index < -0.39 is 0 Å². The monoisotopic (exact) mass is 432 g/mol. The van der Waals surface area contributed by atoms with Crippen molar-refractivity contribution in [2.24, 2.45) is 0 Å². The summed E-state index contributed by atoms with van der Waals surface area (Å²) in [6.07, 6.45) is 2.90. The largest absolute Gasteiger partial charge is 0.236 e. The van der Waals surface area contributed by atoms with Crippen LogP contribution in [-0.2, 0) is 0 Å². The lowest BCUT2D eigenvalue weighted by Crippen LogP contribution is -1.90. The minimum atomic E-state index is 0. The zero-order chi connectivity index (χ0) is 22.5. The van der Waals surface area contributed by atoms with Gasteiger partial charge in [0.2, 0.25) is 5.82 Å². The van der Waals surface area contributed by atoms with Gasteiger partial charge in [-0.25, -0.2) is 19.9 Å². The van der Waals surface area contributed by atoms with Crippen LogP contribution < -0.4 is 0 Å². The number of aromatic nitrogens is 8. The zero-order valence-corrected chi connectivity index (χ0v) is 17.9. The lowest BCUT2D eigenvalue weighted by atomic mass is 10.2. The number of para-hydroxylation sites is 2. The molecule has 9 heteroatoms. The number of nitriles is 1. The van der Waals surface area contributed by atoms with Crippen molar-refractivity contribution < 1.29 is 1.43 Å². The van der Waals surface area contributed by atoms with Crippen LogP contribution in [-0.4, -0.2) is 40.6 Å². The predicted molar refractivity (Wildman–Crippen MR) is 129 cm³/mol. The normalized spacial score (nSPS) is 8.97. The smallest absolute Gasteiger partial charge is 0.223 e. The molecule has 0 spiro atoms. The number of aromatic amines is 1.